The van der Waals surface area contributed by atoms with Gasteiger partial charge in [-0.25, -0.2) is 4.39 Å². The van der Waals surface area contributed by atoms with Crippen molar-refractivity contribution in [3.63, 3.8) is 0 Å². The van der Waals surface area contributed by atoms with Crippen molar-refractivity contribution in [1.29, 1.82) is 0 Å². The van der Waals surface area contributed by atoms with Crippen molar-refractivity contribution >= 4 is 17.3 Å². The number of nitrogens with zero attached hydrogens (tertiary/aromatic N) is 1. The molecule has 3 rings (SSSR count). The van der Waals surface area contributed by atoms with E-state index < -0.39 is 0 Å². The molecule has 6 heteroatoms. The number of hydrogen-bond acceptors (Lipinski definition) is 4. The summed E-state index contributed by atoms with van der Waals surface area (Å²) >= 11 is 1.09. The second kappa shape index (κ2) is 7.30. The predicted octanol–water partition coefficient (Wildman–Crippen LogP) is 3.90. The minimum Gasteiger partial charge on any atom is -0.461 e. The highest BCUT2D eigenvalue weighted by Crippen LogP contribution is 2.26. The van der Waals surface area contributed by atoms with Gasteiger partial charge in [0, 0.05) is 4.88 Å². The molecule has 0 bridgehead atoms. The normalized spacial score (nSPS) is 15.4. The van der Waals surface area contributed by atoms with Gasteiger partial charge in [-0.1, -0.05) is 17.8 Å². The number of rotatable bonds is 4. The maximum absolute atomic E-state index is 13.1. The number of carbonyl (C=O) groups excluding carboxylic acids is 1. The Bertz CT molecular complexity index is 773. The standard InChI is InChI=1S/C18H20FNO3S/c1-12-17(13-7-9-14(19)10-8-13)20(18(22)24-12)11-16(21)23-15-5-3-2-4-6-15/h7-10,15H,2-6,11H2,1H3. The van der Waals surface area contributed by atoms with Crippen molar-refractivity contribution in [3.05, 3.63) is 44.6 Å². The molecule has 0 spiro atoms. The molecule has 0 saturated heterocycles. The molecule has 0 N–H and O–H groups in total. The zero-order valence-electron chi connectivity index (χ0n) is 13.6. The van der Waals surface area contributed by atoms with Crippen molar-refractivity contribution < 1.29 is 13.9 Å². The highest BCUT2D eigenvalue weighted by atomic mass is 32.1. The average molecular weight is 349 g/mol. The number of thiazole rings is 1. The molecule has 0 atom stereocenters. The summed E-state index contributed by atoms with van der Waals surface area (Å²) in [7, 11) is 0. The summed E-state index contributed by atoms with van der Waals surface area (Å²) < 4.78 is 20.1. The Labute approximate surface area is 143 Å². The summed E-state index contributed by atoms with van der Waals surface area (Å²) in [6.45, 7) is 1.72. The predicted molar refractivity (Wildman–Crippen MR) is 91.7 cm³/mol. The van der Waals surface area contributed by atoms with Crippen LogP contribution in [0.2, 0.25) is 0 Å². The highest BCUT2D eigenvalue weighted by molar-refractivity contribution is 7.09. The van der Waals surface area contributed by atoms with Crippen molar-refractivity contribution in [1.82, 2.24) is 4.57 Å². The van der Waals surface area contributed by atoms with Crippen molar-refractivity contribution in [2.45, 2.75) is 51.7 Å². The first-order chi connectivity index (χ1) is 11.5. The van der Waals surface area contributed by atoms with Gasteiger partial charge in [0.25, 0.3) is 0 Å². The lowest BCUT2D eigenvalue weighted by Gasteiger charge is -2.22. The van der Waals surface area contributed by atoms with Gasteiger partial charge in [-0.05, 0) is 62.4 Å². The van der Waals surface area contributed by atoms with E-state index in [1.54, 1.807) is 12.1 Å². The summed E-state index contributed by atoms with van der Waals surface area (Å²) in [4.78, 5) is 25.1. The van der Waals surface area contributed by atoms with Gasteiger partial charge in [0.1, 0.15) is 18.5 Å². The fourth-order valence-corrected chi connectivity index (χ4v) is 4.01. The molecule has 0 unspecified atom stereocenters. The van der Waals surface area contributed by atoms with Gasteiger partial charge in [0.15, 0.2) is 0 Å². The average Bonchev–Trinajstić information content (AvgIpc) is 2.83. The number of esters is 1. The van der Waals surface area contributed by atoms with E-state index in [1.165, 1.54) is 23.1 Å². The third-order valence-electron chi connectivity index (χ3n) is 4.32. The van der Waals surface area contributed by atoms with E-state index in [1.807, 2.05) is 6.92 Å². The molecule has 1 aliphatic rings. The number of aromatic nitrogens is 1. The molecule has 24 heavy (non-hydrogen) atoms. The summed E-state index contributed by atoms with van der Waals surface area (Å²) in [6, 6.07) is 5.93. The number of ether oxygens (including phenoxy) is 1. The molecule has 0 radical (unpaired) electrons. The van der Waals surface area contributed by atoms with Gasteiger partial charge < -0.3 is 4.74 Å². The molecule has 1 aliphatic carbocycles. The number of halogens is 1. The van der Waals surface area contributed by atoms with Crippen LogP contribution in [0, 0.1) is 12.7 Å². The van der Waals surface area contributed by atoms with Gasteiger partial charge in [0.2, 0.25) is 0 Å². The topological polar surface area (TPSA) is 48.3 Å². The first-order valence-corrected chi connectivity index (χ1v) is 9.02. The molecule has 0 amide bonds. The van der Waals surface area contributed by atoms with Gasteiger partial charge in [-0.3, -0.25) is 14.2 Å². The van der Waals surface area contributed by atoms with Crippen LogP contribution in [-0.2, 0) is 16.1 Å². The van der Waals surface area contributed by atoms with Crippen LogP contribution < -0.4 is 4.87 Å². The van der Waals surface area contributed by atoms with Crippen molar-refractivity contribution in [3.8, 4) is 11.3 Å². The Morgan fingerprint density at radius 1 is 1.25 bits per heavy atom. The molecule has 4 nitrogen and oxygen atoms in total. The number of hydrogen-bond donors (Lipinski definition) is 0. The number of benzene rings is 1. The van der Waals surface area contributed by atoms with Crippen LogP contribution in [0.4, 0.5) is 4.39 Å². The Morgan fingerprint density at radius 2 is 1.92 bits per heavy atom. The first-order valence-electron chi connectivity index (χ1n) is 8.20. The molecule has 1 saturated carbocycles. The lowest BCUT2D eigenvalue weighted by atomic mass is 9.98. The van der Waals surface area contributed by atoms with Crippen LogP contribution in [0.1, 0.15) is 37.0 Å². The van der Waals surface area contributed by atoms with Crippen LogP contribution >= 0.6 is 11.3 Å². The highest BCUT2D eigenvalue weighted by Gasteiger charge is 2.21. The van der Waals surface area contributed by atoms with E-state index in [9.17, 15) is 14.0 Å². The second-order valence-corrected chi connectivity index (χ2v) is 7.28. The monoisotopic (exact) mass is 349 g/mol. The van der Waals surface area contributed by atoms with E-state index >= 15 is 0 Å². The van der Waals surface area contributed by atoms with E-state index in [2.05, 4.69) is 0 Å². The quantitative estimate of drug-likeness (QED) is 0.787. The first kappa shape index (κ1) is 16.9. The maximum atomic E-state index is 13.1. The molecular formula is C18H20FNO3S. The van der Waals surface area contributed by atoms with Gasteiger partial charge >= 0.3 is 10.8 Å². The molecule has 128 valence electrons. The fourth-order valence-electron chi connectivity index (χ4n) is 3.16. The van der Waals surface area contributed by atoms with Crippen molar-refractivity contribution in [2.75, 3.05) is 0 Å². The minimum atomic E-state index is -0.384. The lowest BCUT2D eigenvalue weighted by molar-refractivity contribution is -0.151. The Balaban J connectivity index is 1.81. The maximum Gasteiger partial charge on any atom is 0.326 e. The molecular weight excluding hydrogens is 329 g/mol. The second-order valence-electron chi connectivity index (χ2n) is 6.12. The van der Waals surface area contributed by atoms with E-state index in [0.29, 0.717) is 5.69 Å². The van der Waals surface area contributed by atoms with Gasteiger partial charge in [-0.15, -0.1) is 0 Å². The zero-order valence-corrected chi connectivity index (χ0v) is 14.4. The third kappa shape index (κ3) is 3.75. The fraction of sp³-hybridized carbons (Fsp3) is 0.444. The summed E-state index contributed by atoms with van der Waals surface area (Å²) in [5.41, 5.74) is 1.38. The Kier molecular flexibility index (Phi) is 5.14. The van der Waals surface area contributed by atoms with Crippen LogP contribution in [0.25, 0.3) is 11.3 Å². The zero-order chi connectivity index (χ0) is 17.1. The SMILES string of the molecule is Cc1sc(=O)n(CC(=O)OC2CCCCC2)c1-c1ccc(F)cc1. The van der Waals surface area contributed by atoms with Crippen molar-refractivity contribution in [2.24, 2.45) is 0 Å². The number of aryl methyl sites for hydroxylation is 1. The molecule has 1 heterocycles. The summed E-state index contributed by atoms with van der Waals surface area (Å²) in [6.07, 6.45) is 5.11. The van der Waals surface area contributed by atoms with Crippen LogP contribution in [-0.4, -0.2) is 16.6 Å². The van der Waals surface area contributed by atoms with Crippen LogP contribution in [0.5, 0.6) is 0 Å². The van der Waals surface area contributed by atoms with Crippen LogP contribution in [0.15, 0.2) is 29.1 Å². The molecule has 1 aromatic heterocycles. The summed E-state index contributed by atoms with van der Waals surface area (Å²) in [5.74, 6) is -0.720. The lowest BCUT2D eigenvalue weighted by Crippen LogP contribution is -2.27. The minimum absolute atomic E-state index is 0.0315. The molecule has 2 aromatic rings. The molecule has 0 aliphatic heterocycles. The Morgan fingerprint density at radius 3 is 2.58 bits per heavy atom. The number of carbonyl (C=O) groups is 1. The largest absolute Gasteiger partial charge is 0.461 e. The smallest absolute Gasteiger partial charge is 0.326 e. The van der Waals surface area contributed by atoms with E-state index in [4.69, 9.17) is 4.74 Å². The van der Waals surface area contributed by atoms with Gasteiger partial charge in [0.05, 0.1) is 5.69 Å². The van der Waals surface area contributed by atoms with Crippen LogP contribution in [0.3, 0.4) is 0 Å². The van der Waals surface area contributed by atoms with E-state index in [-0.39, 0.29) is 29.3 Å². The Hall–Kier alpha value is -1.95. The molecule has 1 aromatic carbocycles. The van der Waals surface area contributed by atoms with E-state index in [0.717, 1.165) is 47.5 Å². The third-order valence-corrected chi connectivity index (χ3v) is 5.21. The molecule has 1 fully saturated rings. The summed E-state index contributed by atoms with van der Waals surface area (Å²) in [5, 5.41) is 0. The van der Waals surface area contributed by atoms with Gasteiger partial charge in [-0.2, -0.15) is 0 Å².